The molecule has 0 saturated heterocycles. The maximum absolute atomic E-state index is 12.7. The van der Waals surface area contributed by atoms with Crippen molar-refractivity contribution < 1.29 is 27.5 Å². The van der Waals surface area contributed by atoms with Crippen LogP contribution in [0.25, 0.3) is 0 Å². The number of ether oxygens (including phenoxy) is 2. The minimum Gasteiger partial charge on any atom is -0.494 e. The van der Waals surface area contributed by atoms with Gasteiger partial charge in [-0.15, -0.1) is 0 Å². The Balaban J connectivity index is 2.21. The number of rotatable bonds is 10. The van der Waals surface area contributed by atoms with Gasteiger partial charge in [0, 0.05) is 18.4 Å². The first-order valence-corrected chi connectivity index (χ1v) is 10.2. The number of hydrogen-bond acceptors (Lipinski definition) is 7. The molecule has 0 bridgehead atoms. The van der Waals surface area contributed by atoms with Crippen molar-refractivity contribution in [2.45, 2.75) is 25.7 Å². The molecule has 9 heteroatoms. The van der Waals surface area contributed by atoms with Gasteiger partial charge < -0.3 is 14.3 Å². The van der Waals surface area contributed by atoms with Crippen LogP contribution < -0.4 is 9.46 Å². The van der Waals surface area contributed by atoms with E-state index in [2.05, 4.69) is 4.98 Å². The van der Waals surface area contributed by atoms with Crippen molar-refractivity contribution in [2.24, 2.45) is 0 Å². The molecule has 0 radical (unpaired) electrons. The van der Waals surface area contributed by atoms with Crippen molar-refractivity contribution in [2.75, 3.05) is 13.2 Å². The lowest BCUT2D eigenvalue weighted by Gasteiger charge is -2.16. The topological polar surface area (TPSA) is 112 Å². The third kappa shape index (κ3) is 5.37. The minimum atomic E-state index is -4.34. The van der Waals surface area contributed by atoms with Crippen LogP contribution in [0.2, 0.25) is 0 Å². The maximum Gasteiger partial charge on any atom is 0.266 e. The molecule has 1 aromatic carbocycles. The smallest absolute Gasteiger partial charge is 0.266 e. The Morgan fingerprint density at radius 3 is 2.54 bits per heavy atom. The molecule has 8 nitrogen and oxygen atoms in total. The molecule has 0 aliphatic carbocycles. The molecule has 1 unspecified atom stereocenters. The molecule has 2 rings (SSSR count). The van der Waals surface area contributed by atoms with Gasteiger partial charge in [0.1, 0.15) is 12.0 Å². The Morgan fingerprint density at radius 2 is 1.93 bits per heavy atom. The highest BCUT2D eigenvalue weighted by Gasteiger charge is 2.31. The molecule has 0 spiro atoms. The number of benzene rings is 1. The third-order valence-corrected chi connectivity index (χ3v) is 5.26. The number of nitrogens with one attached hydrogen (secondary N) is 1. The SMILES string of the molecule is CCOCc1ccc(C(=O)NS(=O)(=O)C(C=O)c2ccccc2OCC)cn1. The molecule has 1 amide bonds. The summed E-state index contributed by atoms with van der Waals surface area (Å²) < 4.78 is 37.8. The second kappa shape index (κ2) is 9.95. The second-order valence-corrected chi connectivity index (χ2v) is 7.48. The van der Waals surface area contributed by atoms with Gasteiger partial charge in [-0.1, -0.05) is 18.2 Å². The number of sulfonamides is 1. The Morgan fingerprint density at radius 1 is 1.18 bits per heavy atom. The van der Waals surface area contributed by atoms with Crippen molar-refractivity contribution in [3.63, 3.8) is 0 Å². The van der Waals surface area contributed by atoms with Crippen molar-refractivity contribution in [3.05, 3.63) is 59.4 Å². The average molecular weight is 406 g/mol. The Kier molecular flexibility index (Phi) is 7.65. The predicted molar refractivity (Wildman–Crippen MR) is 102 cm³/mol. The van der Waals surface area contributed by atoms with E-state index in [-0.39, 0.29) is 29.8 Å². The summed E-state index contributed by atoms with van der Waals surface area (Å²) in [7, 11) is -4.34. The molecule has 1 heterocycles. The van der Waals surface area contributed by atoms with Gasteiger partial charge in [0.15, 0.2) is 5.25 Å². The maximum atomic E-state index is 12.7. The van der Waals surface area contributed by atoms with E-state index in [1.807, 2.05) is 11.6 Å². The zero-order valence-electron chi connectivity index (χ0n) is 15.6. The van der Waals surface area contributed by atoms with Crippen LogP contribution in [0.15, 0.2) is 42.6 Å². The van der Waals surface area contributed by atoms with Crippen molar-refractivity contribution in [1.29, 1.82) is 0 Å². The fraction of sp³-hybridized carbons (Fsp3) is 0.316. The molecule has 2 aromatic rings. The molecular weight excluding hydrogens is 384 g/mol. The van der Waals surface area contributed by atoms with Gasteiger partial charge in [0.05, 0.1) is 24.5 Å². The molecule has 28 heavy (non-hydrogen) atoms. The van der Waals surface area contributed by atoms with Gasteiger partial charge in [-0.25, -0.2) is 13.1 Å². The largest absolute Gasteiger partial charge is 0.494 e. The predicted octanol–water partition coefficient (Wildman–Crippen LogP) is 2.02. The van der Waals surface area contributed by atoms with E-state index in [1.54, 1.807) is 31.2 Å². The van der Waals surface area contributed by atoms with Gasteiger partial charge in [0.2, 0.25) is 10.0 Å². The number of carbonyl (C=O) groups is 2. The first kappa shape index (κ1) is 21.5. The van der Waals surface area contributed by atoms with Crippen LogP contribution in [-0.2, 0) is 26.2 Å². The van der Waals surface area contributed by atoms with E-state index in [0.29, 0.717) is 18.9 Å². The molecule has 0 fully saturated rings. The molecule has 0 saturated carbocycles. The lowest BCUT2D eigenvalue weighted by atomic mass is 10.1. The number of pyridine rings is 1. The zero-order chi connectivity index (χ0) is 20.6. The van der Waals surface area contributed by atoms with E-state index in [0.717, 1.165) is 0 Å². The second-order valence-electron chi connectivity index (χ2n) is 5.68. The van der Waals surface area contributed by atoms with Crippen LogP contribution >= 0.6 is 0 Å². The number of hydrogen-bond donors (Lipinski definition) is 1. The summed E-state index contributed by atoms with van der Waals surface area (Å²) in [6.07, 6.45) is 1.51. The van der Waals surface area contributed by atoms with Crippen LogP contribution in [0.4, 0.5) is 0 Å². The molecular formula is C19H22N2O6S. The Bertz CT molecular complexity index is 912. The summed E-state index contributed by atoms with van der Waals surface area (Å²) in [6.45, 7) is 4.70. The summed E-state index contributed by atoms with van der Waals surface area (Å²) in [5, 5.41) is -1.59. The van der Waals surface area contributed by atoms with Crippen molar-refractivity contribution >= 4 is 22.2 Å². The lowest BCUT2D eigenvalue weighted by molar-refractivity contribution is -0.107. The highest BCUT2D eigenvalue weighted by atomic mass is 32.2. The van der Waals surface area contributed by atoms with Gasteiger partial charge in [-0.2, -0.15) is 0 Å². The van der Waals surface area contributed by atoms with Crippen LogP contribution in [0.5, 0.6) is 5.75 Å². The highest BCUT2D eigenvalue weighted by molar-refractivity contribution is 7.91. The number of aldehydes is 1. The summed E-state index contributed by atoms with van der Waals surface area (Å²) in [5.41, 5.74) is 0.814. The fourth-order valence-corrected chi connectivity index (χ4v) is 3.60. The summed E-state index contributed by atoms with van der Waals surface area (Å²) in [6, 6.07) is 9.30. The first-order valence-electron chi connectivity index (χ1n) is 8.68. The highest BCUT2D eigenvalue weighted by Crippen LogP contribution is 2.29. The summed E-state index contributed by atoms with van der Waals surface area (Å²) in [5.74, 6) is -0.613. The fourth-order valence-electron chi connectivity index (χ4n) is 2.42. The minimum absolute atomic E-state index is 0.0477. The van der Waals surface area contributed by atoms with E-state index in [4.69, 9.17) is 9.47 Å². The molecule has 1 atom stereocenters. The number of amides is 1. The Hall–Kier alpha value is -2.78. The molecule has 0 aliphatic rings. The van der Waals surface area contributed by atoms with Gasteiger partial charge >= 0.3 is 0 Å². The van der Waals surface area contributed by atoms with E-state index >= 15 is 0 Å². The Labute approximate surface area is 163 Å². The van der Waals surface area contributed by atoms with E-state index < -0.39 is 21.2 Å². The molecule has 1 N–H and O–H groups in total. The molecule has 0 aliphatic heterocycles. The normalized spacial score (nSPS) is 12.2. The average Bonchev–Trinajstić information content (AvgIpc) is 2.68. The molecule has 150 valence electrons. The first-order chi connectivity index (χ1) is 13.4. The van der Waals surface area contributed by atoms with Gasteiger partial charge in [-0.05, 0) is 32.0 Å². The number of para-hydroxylation sites is 1. The van der Waals surface area contributed by atoms with Crippen LogP contribution in [0.3, 0.4) is 0 Å². The van der Waals surface area contributed by atoms with Gasteiger partial charge in [0.25, 0.3) is 5.91 Å². The lowest BCUT2D eigenvalue weighted by Crippen LogP contribution is -2.35. The molecule has 1 aromatic heterocycles. The third-order valence-electron chi connectivity index (χ3n) is 3.76. The van der Waals surface area contributed by atoms with Crippen LogP contribution in [0, 0.1) is 0 Å². The van der Waals surface area contributed by atoms with Crippen molar-refractivity contribution in [3.8, 4) is 5.75 Å². The summed E-state index contributed by atoms with van der Waals surface area (Å²) in [4.78, 5) is 28.0. The quantitative estimate of drug-likeness (QED) is 0.601. The zero-order valence-corrected chi connectivity index (χ0v) is 16.4. The van der Waals surface area contributed by atoms with E-state index in [9.17, 15) is 18.0 Å². The van der Waals surface area contributed by atoms with E-state index in [1.165, 1.54) is 18.3 Å². The number of nitrogens with zero attached hydrogens (tertiary/aromatic N) is 1. The standard InChI is InChI=1S/C19H22N2O6S/c1-3-26-13-15-10-9-14(11-20-15)19(23)21-28(24,25)18(12-22)16-7-5-6-8-17(16)27-4-2/h5-12,18H,3-4,13H2,1-2H3,(H,21,23). The number of carbonyl (C=O) groups excluding carboxylic acids is 2. The monoisotopic (exact) mass is 406 g/mol. The van der Waals surface area contributed by atoms with Crippen LogP contribution in [0.1, 0.15) is 40.7 Å². The van der Waals surface area contributed by atoms with Crippen molar-refractivity contribution in [1.82, 2.24) is 9.71 Å². The number of aromatic nitrogens is 1. The summed E-state index contributed by atoms with van der Waals surface area (Å²) >= 11 is 0. The van der Waals surface area contributed by atoms with Crippen LogP contribution in [-0.4, -0.2) is 38.8 Å². The van der Waals surface area contributed by atoms with Gasteiger partial charge in [-0.3, -0.25) is 9.78 Å².